The lowest BCUT2D eigenvalue weighted by atomic mass is 10.1. The maximum atomic E-state index is 11.4. The average molecular weight is 179 g/mol. The van der Waals surface area contributed by atoms with Crippen LogP contribution in [0.5, 0.6) is 0 Å². The summed E-state index contributed by atoms with van der Waals surface area (Å²) in [5, 5.41) is 8.83. The first kappa shape index (κ1) is 9.86. The number of carbonyl (C=O) groups is 1. The Morgan fingerprint density at radius 1 is 1.62 bits per heavy atom. The molecule has 1 heterocycles. The van der Waals surface area contributed by atoms with E-state index in [0.717, 1.165) is 12.0 Å². The van der Waals surface area contributed by atoms with Gasteiger partial charge < -0.3 is 5.11 Å². The lowest BCUT2D eigenvalue weighted by molar-refractivity contribution is 0.0977. The highest BCUT2D eigenvalue weighted by Gasteiger charge is 2.05. The van der Waals surface area contributed by atoms with Crippen molar-refractivity contribution in [1.29, 1.82) is 0 Å². The van der Waals surface area contributed by atoms with Crippen molar-refractivity contribution >= 4 is 5.78 Å². The SMILES string of the molecule is CCCC(=O)c1cc(CO)ccn1. The van der Waals surface area contributed by atoms with Gasteiger partial charge in [0.05, 0.1) is 6.61 Å². The lowest BCUT2D eigenvalue weighted by Crippen LogP contribution is -2.02. The van der Waals surface area contributed by atoms with Gasteiger partial charge in [0.25, 0.3) is 0 Å². The molecule has 0 spiro atoms. The van der Waals surface area contributed by atoms with Gasteiger partial charge in [0.2, 0.25) is 0 Å². The highest BCUT2D eigenvalue weighted by atomic mass is 16.3. The van der Waals surface area contributed by atoms with Gasteiger partial charge in [-0.1, -0.05) is 6.92 Å². The predicted molar refractivity (Wildman–Crippen MR) is 49.4 cm³/mol. The molecule has 3 nitrogen and oxygen atoms in total. The van der Waals surface area contributed by atoms with E-state index < -0.39 is 0 Å². The minimum Gasteiger partial charge on any atom is -0.392 e. The highest BCUT2D eigenvalue weighted by molar-refractivity contribution is 5.94. The average Bonchev–Trinajstić information content (AvgIpc) is 2.18. The fraction of sp³-hybridized carbons (Fsp3) is 0.400. The molecule has 1 aromatic heterocycles. The Bertz CT molecular complexity index is 297. The molecule has 1 N–H and O–H groups in total. The second-order valence-electron chi connectivity index (χ2n) is 2.88. The number of nitrogens with zero attached hydrogens (tertiary/aromatic N) is 1. The number of aliphatic hydroxyl groups excluding tert-OH is 1. The van der Waals surface area contributed by atoms with Gasteiger partial charge in [-0.2, -0.15) is 0 Å². The van der Waals surface area contributed by atoms with Gasteiger partial charge in [-0.3, -0.25) is 9.78 Å². The zero-order valence-corrected chi connectivity index (χ0v) is 7.66. The third-order valence-corrected chi connectivity index (χ3v) is 1.77. The van der Waals surface area contributed by atoms with Gasteiger partial charge in [-0.05, 0) is 24.1 Å². The first-order valence-electron chi connectivity index (χ1n) is 4.37. The van der Waals surface area contributed by atoms with E-state index in [1.54, 1.807) is 18.3 Å². The second kappa shape index (κ2) is 4.72. The highest BCUT2D eigenvalue weighted by Crippen LogP contribution is 2.05. The van der Waals surface area contributed by atoms with Crippen LogP contribution >= 0.6 is 0 Å². The van der Waals surface area contributed by atoms with Crippen LogP contribution in [0.1, 0.15) is 35.8 Å². The number of carbonyl (C=O) groups excluding carboxylic acids is 1. The minimum absolute atomic E-state index is 0.0396. The molecule has 0 bridgehead atoms. The molecule has 0 fully saturated rings. The van der Waals surface area contributed by atoms with Crippen LogP contribution in [0.4, 0.5) is 0 Å². The van der Waals surface area contributed by atoms with Crippen LogP contribution in [0.25, 0.3) is 0 Å². The molecule has 0 aliphatic rings. The summed E-state index contributed by atoms with van der Waals surface area (Å²) < 4.78 is 0. The fourth-order valence-electron chi connectivity index (χ4n) is 1.08. The summed E-state index contributed by atoms with van der Waals surface area (Å²) in [7, 11) is 0. The summed E-state index contributed by atoms with van der Waals surface area (Å²) in [6.07, 6.45) is 2.89. The third kappa shape index (κ3) is 2.63. The number of hydrogen-bond donors (Lipinski definition) is 1. The van der Waals surface area contributed by atoms with Crippen LogP contribution in [0, 0.1) is 0 Å². The van der Waals surface area contributed by atoms with Gasteiger partial charge in [0, 0.05) is 12.6 Å². The molecule has 13 heavy (non-hydrogen) atoms. The van der Waals surface area contributed by atoms with E-state index in [9.17, 15) is 4.79 Å². The Morgan fingerprint density at radius 3 is 3.00 bits per heavy atom. The van der Waals surface area contributed by atoms with Crippen molar-refractivity contribution in [2.24, 2.45) is 0 Å². The molecular formula is C10H13NO2. The Hall–Kier alpha value is -1.22. The van der Waals surface area contributed by atoms with E-state index in [1.807, 2.05) is 6.92 Å². The van der Waals surface area contributed by atoms with Crippen molar-refractivity contribution < 1.29 is 9.90 Å². The number of pyridine rings is 1. The van der Waals surface area contributed by atoms with Crippen molar-refractivity contribution in [2.45, 2.75) is 26.4 Å². The fourth-order valence-corrected chi connectivity index (χ4v) is 1.08. The van der Waals surface area contributed by atoms with Crippen LogP contribution in [0.3, 0.4) is 0 Å². The number of rotatable bonds is 4. The van der Waals surface area contributed by atoms with Crippen LogP contribution in [-0.2, 0) is 6.61 Å². The third-order valence-electron chi connectivity index (χ3n) is 1.77. The Kier molecular flexibility index (Phi) is 3.58. The summed E-state index contributed by atoms with van der Waals surface area (Å²) in [6, 6.07) is 3.33. The molecule has 1 rings (SSSR count). The molecule has 1 aromatic rings. The monoisotopic (exact) mass is 179 g/mol. The quantitative estimate of drug-likeness (QED) is 0.713. The predicted octanol–water partition coefficient (Wildman–Crippen LogP) is 1.56. The molecule has 0 aliphatic carbocycles. The summed E-state index contributed by atoms with van der Waals surface area (Å²) in [5.74, 6) is 0.0396. The van der Waals surface area contributed by atoms with Crippen molar-refractivity contribution in [3.63, 3.8) is 0 Å². The minimum atomic E-state index is -0.0467. The van der Waals surface area contributed by atoms with Gasteiger partial charge >= 0.3 is 0 Å². The van der Waals surface area contributed by atoms with E-state index in [2.05, 4.69) is 4.98 Å². The smallest absolute Gasteiger partial charge is 0.181 e. The van der Waals surface area contributed by atoms with Crippen LogP contribution in [0.2, 0.25) is 0 Å². The van der Waals surface area contributed by atoms with E-state index in [0.29, 0.717) is 12.1 Å². The molecule has 3 heteroatoms. The van der Waals surface area contributed by atoms with Crippen molar-refractivity contribution in [1.82, 2.24) is 4.98 Å². The van der Waals surface area contributed by atoms with Crippen molar-refractivity contribution in [2.75, 3.05) is 0 Å². The Balaban J connectivity index is 2.82. The van der Waals surface area contributed by atoms with Gasteiger partial charge in [-0.25, -0.2) is 0 Å². The van der Waals surface area contributed by atoms with Gasteiger partial charge in [0.1, 0.15) is 5.69 Å². The second-order valence-corrected chi connectivity index (χ2v) is 2.88. The number of ketones is 1. The molecule has 0 amide bonds. The largest absolute Gasteiger partial charge is 0.392 e. The Labute approximate surface area is 77.4 Å². The zero-order valence-electron chi connectivity index (χ0n) is 7.66. The topological polar surface area (TPSA) is 50.2 Å². The first-order valence-corrected chi connectivity index (χ1v) is 4.37. The number of aromatic nitrogens is 1. The standard InChI is InChI=1S/C10H13NO2/c1-2-3-10(13)9-6-8(7-12)4-5-11-9/h4-6,12H,2-3,7H2,1H3. The molecular weight excluding hydrogens is 166 g/mol. The lowest BCUT2D eigenvalue weighted by Gasteiger charge is -1.99. The van der Waals surface area contributed by atoms with E-state index in [1.165, 1.54) is 0 Å². The summed E-state index contributed by atoms with van der Waals surface area (Å²) in [6.45, 7) is 1.91. The van der Waals surface area contributed by atoms with Crippen LogP contribution < -0.4 is 0 Å². The molecule has 0 saturated carbocycles. The number of aliphatic hydroxyl groups is 1. The van der Waals surface area contributed by atoms with Gasteiger partial charge in [-0.15, -0.1) is 0 Å². The molecule has 0 atom stereocenters. The molecule has 0 unspecified atom stereocenters. The zero-order chi connectivity index (χ0) is 9.68. The Morgan fingerprint density at radius 2 is 2.38 bits per heavy atom. The van der Waals surface area contributed by atoms with Crippen LogP contribution in [0.15, 0.2) is 18.3 Å². The summed E-state index contributed by atoms with van der Waals surface area (Å²) >= 11 is 0. The number of Topliss-reactive ketones (excluding diaryl/α,β-unsaturated/α-hetero) is 1. The molecule has 0 radical (unpaired) electrons. The molecule has 70 valence electrons. The first-order chi connectivity index (χ1) is 6.27. The summed E-state index contributed by atoms with van der Waals surface area (Å²) in [5.41, 5.74) is 1.18. The van der Waals surface area contributed by atoms with E-state index >= 15 is 0 Å². The number of hydrogen-bond acceptors (Lipinski definition) is 3. The molecule has 0 aliphatic heterocycles. The van der Waals surface area contributed by atoms with Crippen molar-refractivity contribution in [3.8, 4) is 0 Å². The van der Waals surface area contributed by atoms with Crippen LogP contribution in [-0.4, -0.2) is 15.9 Å². The maximum Gasteiger partial charge on any atom is 0.181 e. The van der Waals surface area contributed by atoms with Gasteiger partial charge in [0.15, 0.2) is 5.78 Å². The van der Waals surface area contributed by atoms with Crippen molar-refractivity contribution in [3.05, 3.63) is 29.6 Å². The molecule has 0 saturated heterocycles. The van der Waals surface area contributed by atoms with E-state index in [4.69, 9.17) is 5.11 Å². The summed E-state index contributed by atoms with van der Waals surface area (Å²) in [4.78, 5) is 15.3. The maximum absolute atomic E-state index is 11.4. The van der Waals surface area contributed by atoms with E-state index in [-0.39, 0.29) is 12.4 Å². The normalized spacial score (nSPS) is 10.0. The molecule has 0 aromatic carbocycles.